The van der Waals surface area contributed by atoms with Crippen LogP contribution in [0, 0.1) is 0 Å². The fourth-order valence-electron chi connectivity index (χ4n) is 1.72. The zero-order valence-electron chi connectivity index (χ0n) is 8.14. The molecule has 0 radical (unpaired) electrons. The smallest absolute Gasteiger partial charge is 0.335 e. The predicted molar refractivity (Wildman–Crippen MR) is 58.4 cm³/mol. The quantitative estimate of drug-likeness (QED) is 0.646. The maximum Gasteiger partial charge on any atom is 0.335 e. The van der Waals surface area contributed by atoms with Crippen LogP contribution in [0.1, 0.15) is 10.4 Å². The van der Waals surface area contributed by atoms with Gasteiger partial charge in [-0.2, -0.15) is 0 Å². The third-order valence-electron chi connectivity index (χ3n) is 2.50. The highest BCUT2D eigenvalue weighted by Gasteiger charge is 2.08. The molecule has 0 aliphatic carbocycles. The molecule has 0 bridgehead atoms. The Labute approximate surface area is 89.8 Å². The molecule has 3 aromatic rings. The Morgan fingerprint density at radius 1 is 1.31 bits per heavy atom. The van der Waals surface area contributed by atoms with E-state index in [9.17, 15) is 4.79 Å². The van der Waals surface area contributed by atoms with Crippen LogP contribution >= 0.6 is 0 Å². The highest BCUT2D eigenvalue weighted by molar-refractivity contribution is 6.04. The van der Waals surface area contributed by atoms with Crippen molar-refractivity contribution in [3.05, 3.63) is 36.3 Å². The normalized spacial score (nSPS) is 11.0. The number of nitrogens with zero attached hydrogens (tertiary/aromatic N) is 2. The van der Waals surface area contributed by atoms with Gasteiger partial charge in [0.2, 0.25) is 0 Å². The van der Waals surface area contributed by atoms with Crippen molar-refractivity contribution in [2.45, 2.75) is 0 Å². The molecule has 0 aliphatic rings. The summed E-state index contributed by atoms with van der Waals surface area (Å²) in [6.45, 7) is 0. The van der Waals surface area contributed by atoms with Gasteiger partial charge in [0.15, 0.2) is 0 Å². The van der Waals surface area contributed by atoms with E-state index < -0.39 is 5.97 Å². The van der Waals surface area contributed by atoms with Gasteiger partial charge in [-0.05, 0) is 18.2 Å². The van der Waals surface area contributed by atoms with E-state index in [1.54, 1.807) is 24.7 Å². The summed E-state index contributed by atoms with van der Waals surface area (Å²) < 4.78 is 0. The molecular formula is C11H7N3O2. The number of carboxylic acids is 1. The number of carboxylic acid groups (broad SMARTS) is 1. The van der Waals surface area contributed by atoms with Crippen molar-refractivity contribution in [1.29, 1.82) is 0 Å². The lowest BCUT2D eigenvalue weighted by molar-refractivity contribution is 0.0697. The van der Waals surface area contributed by atoms with Gasteiger partial charge in [-0.1, -0.05) is 0 Å². The number of carbonyl (C=O) groups is 1. The molecule has 0 atom stereocenters. The lowest BCUT2D eigenvalue weighted by atomic mass is 10.1. The SMILES string of the molecule is O=C(O)c1ccc2ncc3[nH]cnc3c2c1. The second-order valence-corrected chi connectivity index (χ2v) is 3.46. The molecule has 2 aromatic heterocycles. The number of imidazole rings is 1. The molecule has 0 saturated carbocycles. The summed E-state index contributed by atoms with van der Waals surface area (Å²) in [7, 11) is 0. The largest absolute Gasteiger partial charge is 0.478 e. The average Bonchev–Trinajstić information content (AvgIpc) is 2.76. The molecule has 5 nitrogen and oxygen atoms in total. The molecule has 0 unspecified atom stereocenters. The van der Waals surface area contributed by atoms with Crippen molar-refractivity contribution in [1.82, 2.24) is 15.0 Å². The van der Waals surface area contributed by atoms with Crippen molar-refractivity contribution in [2.24, 2.45) is 0 Å². The van der Waals surface area contributed by atoms with Crippen molar-refractivity contribution in [3.8, 4) is 0 Å². The van der Waals surface area contributed by atoms with Crippen LogP contribution in [-0.4, -0.2) is 26.0 Å². The number of aromatic amines is 1. The number of rotatable bonds is 1. The van der Waals surface area contributed by atoms with E-state index in [2.05, 4.69) is 15.0 Å². The van der Waals surface area contributed by atoms with Gasteiger partial charge < -0.3 is 10.1 Å². The minimum atomic E-state index is -0.950. The lowest BCUT2D eigenvalue weighted by Crippen LogP contribution is -1.95. The van der Waals surface area contributed by atoms with E-state index in [1.165, 1.54) is 6.07 Å². The van der Waals surface area contributed by atoms with E-state index in [1.807, 2.05) is 0 Å². The highest BCUT2D eigenvalue weighted by Crippen LogP contribution is 2.21. The molecule has 0 aliphatic heterocycles. The number of fused-ring (bicyclic) bond motifs is 3. The minimum Gasteiger partial charge on any atom is -0.478 e. The number of H-pyrrole nitrogens is 1. The maximum absolute atomic E-state index is 10.9. The Morgan fingerprint density at radius 2 is 2.19 bits per heavy atom. The first-order valence-electron chi connectivity index (χ1n) is 4.71. The first-order chi connectivity index (χ1) is 7.75. The molecule has 3 rings (SSSR count). The summed E-state index contributed by atoms with van der Waals surface area (Å²) in [6, 6.07) is 4.82. The zero-order valence-corrected chi connectivity index (χ0v) is 8.14. The minimum absolute atomic E-state index is 0.241. The summed E-state index contributed by atoms with van der Waals surface area (Å²) >= 11 is 0. The second-order valence-electron chi connectivity index (χ2n) is 3.46. The van der Waals surface area contributed by atoms with Crippen LogP contribution in [0.5, 0.6) is 0 Å². The molecule has 0 spiro atoms. The molecule has 0 fully saturated rings. The molecule has 0 amide bonds. The van der Waals surface area contributed by atoms with Gasteiger partial charge in [0.25, 0.3) is 0 Å². The topological polar surface area (TPSA) is 78.9 Å². The van der Waals surface area contributed by atoms with Crippen molar-refractivity contribution >= 4 is 27.9 Å². The van der Waals surface area contributed by atoms with Gasteiger partial charge >= 0.3 is 5.97 Å². The molecule has 1 aromatic carbocycles. The van der Waals surface area contributed by atoms with E-state index in [0.717, 1.165) is 21.9 Å². The summed E-state index contributed by atoms with van der Waals surface area (Å²) in [6.07, 6.45) is 3.25. The summed E-state index contributed by atoms with van der Waals surface area (Å²) in [5.74, 6) is -0.950. The Balaban J connectivity index is 2.46. The number of hydrogen-bond donors (Lipinski definition) is 2. The van der Waals surface area contributed by atoms with Gasteiger partial charge in [0.05, 0.1) is 34.6 Å². The van der Waals surface area contributed by atoms with Crippen LogP contribution in [0.15, 0.2) is 30.7 Å². The number of aromatic nitrogens is 3. The Kier molecular flexibility index (Phi) is 1.67. The molecule has 2 heterocycles. The van der Waals surface area contributed by atoms with Crippen LogP contribution in [0.25, 0.3) is 21.9 Å². The molecule has 2 N–H and O–H groups in total. The standard InChI is InChI=1S/C11H7N3O2/c15-11(16)6-1-2-8-7(3-6)10-9(4-12-8)13-5-14-10/h1-5H,(H,13,14)(H,15,16). The van der Waals surface area contributed by atoms with E-state index in [4.69, 9.17) is 5.11 Å². The van der Waals surface area contributed by atoms with Crippen molar-refractivity contribution in [3.63, 3.8) is 0 Å². The van der Waals surface area contributed by atoms with Crippen LogP contribution in [0.4, 0.5) is 0 Å². The average molecular weight is 213 g/mol. The van der Waals surface area contributed by atoms with Crippen LogP contribution in [0.2, 0.25) is 0 Å². The number of benzene rings is 1. The molecule has 78 valence electrons. The molecular weight excluding hydrogens is 206 g/mol. The second kappa shape index (κ2) is 3.03. The summed E-state index contributed by atoms with van der Waals surface area (Å²) in [5, 5.41) is 9.67. The number of aromatic carboxylic acids is 1. The fraction of sp³-hybridized carbons (Fsp3) is 0. The molecule has 16 heavy (non-hydrogen) atoms. The van der Waals surface area contributed by atoms with E-state index >= 15 is 0 Å². The van der Waals surface area contributed by atoms with E-state index in [-0.39, 0.29) is 5.56 Å². The van der Waals surface area contributed by atoms with Crippen LogP contribution < -0.4 is 0 Å². The molecule has 5 heteroatoms. The maximum atomic E-state index is 10.9. The predicted octanol–water partition coefficient (Wildman–Crippen LogP) is 1.81. The summed E-state index contributed by atoms with van der Waals surface area (Å²) in [5.41, 5.74) is 2.53. The Morgan fingerprint density at radius 3 is 3.00 bits per heavy atom. The monoisotopic (exact) mass is 213 g/mol. The van der Waals surface area contributed by atoms with Gasteiger partial charge in [0.1, 0.15) is 0 Å². The van der Waals surface area contributed by atoms with Crippen LogP contribution in [0.3, 0.4) is 0 Å². The number of nitrogens with one attached hydrogen (secondary N) is 1. The van der Waals surface area contributed by atoms with E-state index in [0.29, 0.717) is 0 Å². The number of hydrogen-bond acceptors (Lipinski definition) is 3. The third-order valence-corrected chi connectivity index (χ3v) is 2.50. The Bertz CT molecular complexity index is 703. The van der Waals surface area contributed by atoms with Gasteiger partial charge in [-0.3, -0.25) is 4.98 Å². The first kappa shape index (κ1) is 8.84. The van der Waals surface area contributed by atoms with Crippen LogP contribution in [-0.2, 0) is 0 Å². The highest BCUT2D eigenvalue weighted by atomic mass is 16.4. The Hall–Kier alpha value is -2.43. The third kappa shape index (κ3) is 1.15. The molecule has 0 saturated heterocycles. The fourth-order valence-corrected chi connectivity index (χ4v) is 1.72. The lowest BCUT2D eigenvalue weighted by Gasteiger charge is -1.99. The van der Waals surface area contributed by atoms with Crippen molar-refractivity contribution in [2.75, 3.05) is 0 Å². The van der Waals surface area contributed by atoms with Crippen molar-refractivity contribution < 1.29 is 9.90 Å². The number of pyridine rings is 1. The first-order valence-corrected chi connectivity index (χ1v) is 4.71. The van der Waals surface area contributed by atoms with Gasteiger partial charge in [-0.25, -0.2) is 9.78 Å². The summed E-state index contributed by atoms with van der Waals surface area (Å²) in [4.78, 5) is 22.2. The zero-order chi connectivity index (χ0) is 11.1. The van der Waals surface area contributed by atoms with Gasteiger partial charge in [-0.15, -0.1) is 0 Å². The van der Waals surface area contributed by atoms with Gasteiger partial charge in [0, 0.05) is 5.39 Å².